The van der Waals surface area contributed by atoms with Crippen LogP contribution in [0.4, 0.5) is 0 Å². The Morgan fingerprint density at radius 2 is 1.52 bits per heavy atom. The van der Waals surface area contributed by atoms with Gasteiger partial charge in [0.2, 0.25) is 0 Å². The molecular formula is C15H23O6. The molecule has 0 saturated carbocycles. The van der Waals surface area contributed by atoms with Gasteiger partial charge in [-0.25, -0.2) is 0 Å². The summed E-state index contributed by atoms with van der Waals surface area (Å²) in [7, 11) is 6.25. The average molecular weight is 299 g/mol. The Bertz CT molecular complexity index is 433. The molecule has 0 bridgehead atoms. The van der Waals surface area contributed by atoms with Gasteiger partial charge in [0.25, 0.3) is 0 Å². The third-order valence-corrected chi connectivity index (χ3v) is 2.76. The summed E-state index contributed by atoms with van der Waals surface area (Å²) >= 11 is 0. The minimum absolute atomic E-state index is 0.113. The van der Waals surface area contributed by atoms with Gasteiger partial charge in [-0.1, -0.05) is 6.92 Å². The molecular weight excluding hydrogens is 276 g/mol. The predicted octanol–water partition coefficient (Wildman–Crippen LogP) is 2.44. The fraction of sp³-hybridized carbons (Fsp3) is 0.533. The Morgan fingerprint density at radius 3 is 2.05 bits per heavy atom. The second-order valence-electron chi connectivity index (χ2n) is 4.12. The van der Waals surface area contributed by atoms with Crippen LogP contribution in [0.5, 0.6) is 23.0 Å². The van der Waals surface area contributed by atoms with Crippen LogP contribution < -0.4 is 18.9 Å². The van der Waals surface area contributed by atoms with Gasteiger partial charge in [0.1, 0.15) is 0 Å². The van der Waals surface area contributed by atoms with Crippen molar-refractivity contribution in [3.63, 3.8) is 0 Å². The number of hydrogen-bond acceptors (Lipinski definition) is 6. The van der Waals surface area contributed by atoms with E-state index in [1.807, 2.05) is 0 Å². The van der Waals surface area contributed by atoms with Crippen molar-refractivity contribution in [2.75, 3.05) is 42.0 Å². The van der Waals surface area contributed by atoms with Gasteiger partial charge in [-0.05, 0) is 12.8 Å². The summed E-state index contributed by atoms with van der Waals surface area (Å²) < 4.78 is 31.9. The molecule has 0 aliphatic carbocycles. The Balaban J connectivity index is 3.32. The summed E-state index contributed by atoms with van der Waals surface area (Å²) in [5.41, 5.74) is 0.829. The molecule has 6 nitrogen and oxygen atoms in total. The topological polar surface area (TPSA) is 55.4 Å². The highest BCUT2D eigenvalue weighted by Crippen LogP contribution is 2.45. The molecule has 0 saturated heterocycles. The Morgan fingerprint density at radius 1 is 0.857 bits per heavy atom. The van der Waals surface area contributed by atoms with Crippen LogP contribution in [-0.2, 0) is 15.9 Å². The number of benzene rings is 1. The lowest BCUT2D eigenvalue weighted by Gasteiger charge is -2.20. The number of rotatable bonds is 10. The van der Waals surface area contributed by atoms with Crippen molar-refractivity contribution in [3.05, 3.63) is 18.6 Å². The number of hydrogen-bond donors (Lipinski definition) is 0. The van der Waals surface area contributed by atoms with Crippen molar-refractivity contribution in [2.24, 2.45) is 0 Å². The van der Waals surface area contributed by atoms with Crippen LogP contribution in [0.15, 0.2) is 6.07 Å². The molecule has 1 radical (unpaired) electrons. The van der Waals surface area contributed by atoms with Crippen molar-refractivity contribution >= 4 is 0 Å². The third-order valence-electron chi connectivity index (χ3n) is 2.76. The predicted molar refractivity (Wildman–Crippen MR) is 78.2 cm³/mol. The normalized spacial score (nSPS) is 10.3. The lowest BCUT2D eigenvalue weighted by molar-refractivity contribution is 0.0445. The zero-order chi connectivity index (χ0) is 15.7. The maximum atomic E-state index is 5.62. The van der Waals surface area contributed by atoms with Crippen LogP contribution in [0.1, 0.15) is 12.0 Å². The monoisotopic (exact) mass is 299 g/mol. The van der Waals surface area contributed by atoms with E-state index in [-0.39, 0.29) is 13.6 Å². The molecule has 0 atom stereocenters. The summed E-state index contributed by atoms with van der Waals surface area (Å²) in [6.07, 6.45) is 1.33. The second-order valence-corrected chi connectivity index (χ2v) is 4.12. The van der Waals surface area contributed by atoms with Gasteiger partial charge >= 0.3 is 0 Å². The summed E-state index contributed by atoms with van der Waals surface area (Å²) in [6.45, 7) is 4.10. The number of ether oxygens (including phenoxy) is 6. The van der Waals surface area contributed by atoms with Gasteiger partial charge in [0.05, 0.1) is 14.2 Å². The third kappa shape index (κ3) is 4.41. The first kappa shape index (κ1) is 17.4. The lowest BCUT2D eigenvalue weighted by atomic mass is 10.1. The molecule has 0 aliphatic rings. The van der Waals surface area contributed by atoms with Gasteiger partial charge in [-0.15, -0.1) is 0 Å². The van der Waals surface area contributed by atoms with E-state index in [1.54, 1.807) is 34.5 Å². The van der Waals surface area contributed by atoms with E-state index >= 15 is 0 Å². The van der Waals surface area contributed by atoms with Crippen molar-refractivity contribution in [2.45, 2.75) is 12.8 Å². The maximum Gasteiger partial charge on any atom is 0.188 e. The zero-order valence-corrected chi connectivity index (χ0v) is 13.1. The molecule has 1 aromatic rings. The molecule has 1 rings (SSSR count). The second kappa shape index (κ2) is 9.31. The van der Waals surface area contributed by atoms with Crippen LogP contribution in [0.3, 0.4) is 0 Å². The minimum Gasteiger partial charge on any atom is -0.493 e. The first-order valence-electron chi connectivity index (χ1n) is 6.54. The quantitative estimate of drug-likeness (QED) is 0.619. The molecule has 1 aromatic carbocycles. The van der Waals surface area contributed by atoms with Gasteiger partial charge in [0.15, 0.2) is 36.6 Å². The number of methoxy groups -OCH3 is 4. The van der Waals surface area contributed by atoms with E-state index < -0.39 is 0 Å². The van der Waals surface area contributed by atoms with Crippen molar-refractivity contribution in [3.8, 4) is 23.0 Å². The summed E-state index contributed by atoms with van der Waals surface area (Å²) in [4.78, 5) is 0. The fourth-order valence-corrected chi connectivity index (χ4v) is 1.94. The highest BCUT2D eigenvalue weighted by molar-refractivity contribution is 5.61. The van der Waals surface area contributed by atoms with E-state index in [1.165, 1.54) is 0 Å². The average Bonchev–Trinajstić information content (AvgIpc) is 2.51. The smallest absolute Gasteiger partial charge is 0.188 e. The highest BCUT2D eigenvalue weighted by atomic mass is 16.7. The molecule has 0 N–H and O–H groups in total. The van der Waals surface area contributed by atoms with Gasteiger partial charge < -0.3 is 28.4 Å². The zero-order valence-electron chi connectivity index (χ0n) is 13.1. The standard InChI is InChI=1S/C15H23O6/c1-6-7-11-14(19-5)13(20-9-16-2)8-12(18-4)15(11)21-10-17-3/h8H,1,6-7,9-10H2,2-5H3. The molecule has 0 heterocycles. The highest BCUT2D eigenvalue weighted by Gasteiger charge is 2.21. The maximum absolute atomic E-state index is 5.62. The van der Waals surface area contributed by atoms with E-state index in [0.717, 1.165) is 5.56 Å². The molecule has 0 spiro atoms. The van der Waals surface area contributed by atoms with E-state index in [2.05, 4.69) is 6.92 Å². The van der Waals surface area contributed by atoms with Crippen LogP contribution >= 0.6 is 0 Å². The van der Waals surface area contributed by atoms with Crippen molar-refractivity contribution < 1.29 is 28.4 Å². The molecule has 0 aliphatic heterocycles. The molecule has 0 fully saturated rings. The van der Waals surface area contributed by atoms with Crippen LogP contribution in [0, 0.1) is 6.92 Å². The Kier molecular flexibility index (Phi) is 7.71. The van der Waals surface area contributed by atoms with E-state index in [9.17, 15) is 0 Å². The summed E-state index contributed by atoms with van der Waals surface area (Å²) in [5.74, 6) is 2.24. The molecule has 119 valence electrons. The molecule has 0 amide bonds. The van der Waals surface area contributed by atoms with Crippen LogP contribution in [0.2, 0.25) is 0 Å². The SMILES string of the molecule is [CH2]CCc1c(OC)c(OCOC)cc(OC)c1OCOC. The van der Waals surface area contributed by atoms with Gasteiger partial charge in [-0.3, -0.25) is 0 Å². The first-order chi connectivity index (χ1) is 10.2. The molecule has 0 aromatic heterocycles. The molecule has 0 unspecified atom stereocenters. The minimum atomic E-state index is 0.113. The Hall–Kier alpha value is -1.66. The first-order valence-corrected chi connectivity index (χ1v) is 6.54. The van der Waals surface area contributed by atoms with Crippen molar-refractivity contribution in [1.82, 2.24) is 0 Å². The van der Waals surface area contributed by atoms with Crippen LogP contribution in [0.25, 0.3) is 0 Å². The summed E-state index contributed by atoms with van der Waals surface area (Å²) in [5, 5.41) is 0. The molecule has 6 heteroatoms. The van der Waals surface area contributed by atoms with Gasteiger partial charge in [-0.2, -0.15) is 0 Å². The fourth-order valence-electron chi connectivity index (χ4n) is 1.94. The molecule has 21 heavy (non-hydrogen) atoms. The largest absolute Gasteiger partial charge is 0.493 e. The van der Waals surface area contributed by atoms with Crippen molar-refractivity contribution in [1.29, 1.82) is 0 Å². The van der Waals surface area contributed by atoms with Crippen LogP contribution in [-0.4, -0.2) is 42.0 Å². The summed E-state index contributed by atoms with van der Waals surface area (Å²) in [6, 6.07) is 1.70. The van der Waals surface area contributed by atoms with Gasteiger partial charge in [0, 0.05) is 25.8 Å². The Labute approximate surface area is 125 Å². The lowest BCUT2D eigenvalue weighted by Crippen LogP contribution is -2.08. The van der Waals surface area contributed by atoms with E-state index in [0.29, 0.717) is 35.8 Å². The van der Waals surface area contributed by atoms with E-state index in [4.69, 9.17) is 28.4 Å².